The molecule has 0 bridgehead atoms. The molecule has 3 aromatic rings. The van der Waals surface area contributed by atoms with Gasteiger partial charge in [0.15, 0.2) is 0 Å². The summed E-state index contributed by atoms with van der Waals surface area (Å²) in [5.41, 5.74) is 7.50. The number of rotatable bonds is 8. The number of methoxy groups -OCH3 is 1. The molecule has 7 heteroatoms. The Labute approximate surface area is 175 Å². The van der Waals surface area contributed by atoms with Gasteiger partial charge in [0.05, 0.1) is 28.2 Å². The van der Waals surface area contributed by atoms with Crippen LogP contribution < -0.4 is 16.0 Å². The first-order valence-electron chi connectivity index (χ1n) is 9.82. The van der Waals surface area contributed by atoms with Crippen molar-refractivity contribution in [3.05, 3.63) is 45.5 Å². The van der Waals surface area contributed by atoms with Crippen LogP contribution in [0.3, 0.4) is 0 Å². The summed E-state index contributed by atoms with van der Waals surface area (Å²) in [6.45, 7) is 7.29. The summed E-state index contributed by atoms with van der Waals surface area (Å²) in [4.78, 5) is 17.5. The van der Waals surface area contributed by atoms with E-state index in [4.69, 9.17) is 26.8 Å². The van der Waals surface area contributed by atoms with Gasteiger partial charge in [-0.3, -0.25) is 9.78 Å². The van der Waals surface area contributed by atoms with Gasteiger partial charge in [-0.25, -0.2) is 0 Å². The highest BCUT2D eigenvalue weighted by atomic mass is 35.5. The van der Waals surface area contributed by atoms with Crippen LogP contribution in [0.2, 0.25) is 5.02 Å². The van der Waals surface area contributed by atoms with Crippen molar-refractivity contribution in [1.29, 1.82) is 0 Å². The fourth-order valence-corrected chi connectivity index (χ4v) is 3.89. The Balaban J connectivity index is 2.15. The van der Waals surface area contributed by atoms with Crippen LogP contribution in [-0.2, 0) is 11.3 Å². The van der Waals surface area contributed by atoms with Crippen molar-refractivity contribution < 1.29 is 9.47 Å². The predicted octanol–water partition coefficient (Wildman–Crippen LogP) is 3.91. The zero-order valence-corrected chi connectivity index (χ0v) is 18.1. The highest BCUT2D eigenvalue weighted by Gasteiger charge is 2.16. The van der Waals surface area contributed by atoms with E-state index in [1.165, 1.54) is 0 Å². The average molecular weight is 418 g/mol. The third-order valence-electron chi connectivity index (χ3n) is 4.98. The van der Waals surface area contributed by atoms with Crippen LogP contribution >= 0.6 is 11.6 Å². The fraction of sp³-hybridized carbons (Fsp3) is 0.455. The molecule has 2 aromatic heterocycles. The first-order valence-corrected chi connectivity index (χ1v) is 10.2. The SMILES string of the molecule is COCCn1c(=O)c2c(C)nccc2c2cc(Cl)c(OCC(N)CC(C)C)cc21. The molecule has 0 aliphatic rings. The Kier molecular flexibility index (Phi) is 6.77. The second kappa shape index (κ2) is 9.11. The number of nitrogens with zero attached hydrogens (tertiary/aromatic N) is 2. The first kappa shape index (κ1) is 21.6. The van der Waals surface area contributed by atoms with Crippen molar-refractivity contribution in [2.24, 2.45) is 11.7 Å². The number of pyridine rings is 2. The number of fused-ring (bicyclic) bond motifs is 3. The molecule has 0 spiro atoms. The van der Waals surface area contributed by atoms with E-state index in [-0.39, 0.29) is 11.6 Å². The largest absolute Gasteiger partial charge is 0.490 e. The van der Waals surface area contributed by atoms with Gasteiger partial charge >= 0.3 is 0 Å². The lowest BCUT2D eigenvalue weighted by Crippen LogP contribution is -2.29. The quantitative estimate of drug-likeness (QED) is 0.562. The lowest BCUT2D eigenvalue weighted by Gasteiger charge is -2.18. The molecule has 6 nitrogen and oxygen atoms in total. The molecule has 156 valence electrons. The van der Waals surface area contributed by atoms with E-state index in [9.17, 15) is 4.79 Å². The second-order valence-corrected chi connectivity index (χ2v) is 8.18. The van der Waals surface area contributed by atoms with Crippen molar-refractivity contribution >= 4 is 33.3 Å². The number of aryl methyl sites for hydroxylation is 1. The fourth-order valence-electron chi connectivity index (χ4n) is 3.67. The summed E-state index contributed by atoms with van der Waals surface area (Å²) in [5, 5.41) is 2.79. The Morgan fingerprint density at radius 3 is 2.72 bits per heavy atom. The summed E-state index contributed by atoms with van der Waals surface area (Å²) in [6, 6.07) is 5.45. The van der Waals surface area contributed by atoms with Crippen LogP contribution in [0.4, 0.5) is 0 Å². The molecule has 0 saturated carbocycles. The molecule has 0 aliphatic heterocycles. The topological polar surface area (TPSA) is 79.4 Å². The molecule has 2 heterocycles. The average Bonchev–Trinajstić information content (AvgIpc) is 2.66. The second-order valence-electron chi connectivity index (χ2n) is 7.77. The third kappa shape index (κ3) is 4.55. The molecule has 3 rings (SSSR count). The minimum Gasteiger partial charge on any atom is -0.490 e. The molecular weight excluding hydrogens is 390 g/mol. The summed E-state index contributed by atoms with van der Waals surface area (Å²) in [6.07, 6.45) is 2.57. The Bertz CT molecular complexity index is 1080. The van der Waals surface area contributed by atoms with E-state index >= 15 is 0 Å². The molecule has 0 radical (unpaired) electrons. The Morgan fingerprint density at radius 2 is 2.03 bits per heavy atom. The van der Waals surface area contributed by atoms with E-state index in [1.54, 1.807) is 17.9 Å². The Morgan fingerprint density at radius 1 is 1.28 bits per heavy atom. The van der Waals surface area contributed by atoms with Crippen molar-refractivity contribution in [3.63, 3.8) is 0 Å². The first-order chi connectivity index (χ1) is 13.8. The maximum atomic E-state index is 13.2. The molecule has 2 N–H and O–H groups in total. The number of aromatic nitrogens is 2. The highest BCUT2D eigenvalue weighted by molar-refractivity contribution is 6.33. The molecular formula is C22H28ClN3O3. The van der Waals surface area contributed by atoms with Gasteiger partial charge < -0.3 is 19.8 Å². The van der Waals surface area contributed by atoms with E-state index in [2.05, 4.69) is 18.8 Å². The molecule has 0 aliphatic carbocycles. The van der Waals surface area contributed by atoms with Gasteiger partial charge in [0.25, 0.3) is 5.56 Å². The zero-order chi connectivity index (χ0) is 21.1. The minimum absolute atomic E-state index is 0.0808. The normalized spacial score (nSPS) is 12.8. The van der Waals surface area contributed by atoms with E-state index in [1.807, 2.05) is 25.1 Å². The number of hydrogen-bond acceptors (Lipinski definition) is 5. The number of hydrogen-bond donors (Lipinski definition) is 1. The standard InChI is InChI=1S/C22H28ClN3O3/c1-13(2)9-15(24)12-29-20-11-19-17(10-18(20)23)16-5-6-25-14(3)21(16)22(27)26(19)7-8-28-4/h5-6,10-11,13,15H,7-9,12,24H2,1-4H3. The van der Waals surface area contributed by atoms with Crippen molar-refractivity contribution in [2.45, 2.75) is 39.8 Å². The molecule has 1 aromatic carbocycles. The lowest BCUT2D eigenvalue weighted by molar-refractivity contribution is 0.187. The maximum Gasteiger partial charge on any atom is 0.260 e. The van der Waals surface area contributed by atoms with Crippen LogP contribution in [0.1, 0.15) is 26.0 Å². The van der Waals surface area contributed by atoms with Crippen LogP contribution in [0, 0.1) is 12.8 Å². The van der Waals surface area contributed by atoms with Gasteiger partial charge in [0.1, 0.15) is 12.4 Å². The number of ether oxygens (including phenoxy) is 2. The molecule has 0 amide bonds. The van der Waals surface area contributed by atoms with Crippen LogP contribution in [-0.4, -0.2) is 35.9 Å². The molecule has 0 saturated heterocycles. The van der Waals surface area contributed by atoms with Gasteiger partial charge in [0, 0.05) is 37.3 Å². The third-order valence-corrected chi connectivity index (χ3v) is 5.27. The summed E-state index contributed by atoms with van der Waals surface area (Å²) < 4.78 is 12.8. The van der Waals surface area contributed by atoms with E-state index < -0.39 is 0 Å². The van der Waals surface area contributed by atoms with Crippen LogP contribution in [0.15, 0.2) is 29.2 Å². The number of halogens is 1. The monoisotopic (exact) mass is 417 g/mol. The Hall–Kier alpha value is -2.15. The molecule has 1 atom stereocenters. The molecule has 29 heavy (non-hydrogen) atoms. The zero-order valence-electron chi connectivity index (χ0n) is 17.4. The summed E-state index contributed by atoms with van der Waals surface area (Å²) in [5.74, 6) is 1.01. The van der Waals surface area contributed by atoms with Gasteiger partial charge in [-0.05, 0) is 36.8 Å². The predicted molar refractivity (Wildman–Crippen MR) is 118 cm³/mol. The van der Waals surface area contributed by atoms with E-state index in [0.717, 1.165) is 22.7 Å². The molecule has 1 unspecified atom stereocenters. The molecule has 0 fully saturated rings. The van der Waals surface area contributed by atoms with E-state index in [0.29, 0.717) is 47.5 Å². The number of benzene rings is 1. The van der Waals surface area contributed by atoms with Gasteiger partial charge in [-0.2, -0.15) is 0 Å². The smallest absolute Gasteiger partial charge is 0.260 e. The van der Waals surface area contributed by atoms with Gasteiger partial charge in [0.2, 0.25) is 0 Å². The lowest BCUT2D eigenvalue weighted by atomic mass is 10.0. The number of nitrogens with two attached hydrogens (primary N) is 1. The van der Waals surface area contributed by atoms with Crippen molar-refractivity contribution in [2.75, 3.05) is 20.3 Å². The summed E-state index contributed by atoms with van der Waals surface area (Å²) >= 11 is 6.54. The summed E-state index contributed by atoms with van der Waals surface area (Å²) in [7, 11) is 1.61. The van der Waals surface area contributed by atoms with Crippen LogP contribution in [0.25, 0.3) is 21.7 Å². The van der Waals surface area contributed by atoms with Crippen LogP contribution in [0.5, 0.6) is 5.75 Å². The van der Waals surface area contributed by atoms with Gasteiger partial charge in [-0.1, -0.05) is 25.4 Å². The highest BCUT2D eigenvalue weighted by Crippen LogP contribution is 2.33. The van der Waals surface area contributed by atoms with Gasteiger partial charge in [-0.15, -0.1) is 0 Å². The minimum atomic E-state index is -0.0973. The van der Waals surface area contributed by atoms with Crippen molar-refractivity contribution in [1.82, 2.24) is 9.55 Å². The van der Waals surface area contributed by atoms with Crippen molar-refractivity contribution in [3.8, 4) is 5.75 Å². The maximum absolute atomic E-state index is 13.2.